The van der Waals surface area contributed by atoms with Gasteiger partial charge in [0.15, 0.2) is 0 Å². The molecule has 0 fully saturated rings. The number of hydrogen-bond acceptors (Lipinski definition) is 8. The van der Waals surface area contributed by atoms with Gasteiger partial charge in [0.1, 0.15) is 40.2 Å². The van der Waals surface area contributed by atoms with Crippen LogP contribution in [-0.2, 0) is 11.8 Å². The lowest BCUT2D eigenvalue weighted by molar-refractivity contribution is -0.135. The summed E-state index contributed by atoms with van der Waals surface area (Å²) in [5.74, 6) is -0.461. The van der Waals surface area contributed by atoms with Gasteiger partial charge < -0.3 is 28.3 Å². The van der Waals surface area contributed by atoms with Gasteiger partial charge in [-0.1, -0.05) is 12.1 Å². The van der Waals surface area contributed by atoms with Gasteiger partial charge in [-0.2, -0.15) is 0 Å². The predicted octanol–water partition coefficient (Wildman–Crippen LogP) is 4.48. The lowest BCUT2D eigenvalue weighted by atomic mass is 9.85. The molecule has 6 rings (SSSR count). The first-order chi connectivity index (χ1) is 18.8. The highest BCUT2D eigenvalue weighted by molar-refractivity contribution is 5.94. The lowest BCUT2D eigenvalue weighted by Crippen LogP contribution is -2.29. The summed E-state index contributed by atoms with van der Waals surface area (Å²) in [6, 6.07) is 15.2. The van der Waals surface area contributed by atoms with Crippen molar-refractivity contribution in [3.63, 3.8) is 0 Å². The maximum Gasteiger partial charge on any atom is 0.312 e. The van der Waals surface area contributed by atoms with Gasteiger partial charge in [0.05, 0.1) is 31.7 Å². The summed E-state index contributed by atoms with van der Waals surface area (Å²) in [5.41, 5.74) is 1.43. The molecule has 0 spiro atoms. The smallest absolute Gasteiger partial charge is 0.312 e. The van der Waals surface area contributed by atoms with Gasteiger partial charge in [0.25, 0.3) is 5.56 Å². The molecule has 5 aromatic rings. The molecule has 0 aliphatic carbocycles. The van der Waals surface area contributed by atoms with E-state index < -0.39 is 17.3 Å². The van der Waals surface area contributed by atoms with Crippen LogP contribution in [0.4, 0.5) is 0 Å². The van der Waals surface area contributed by atoms with Crippen LogP contribution in [0, 0.1) is 0 Å². The van der Waals surface area contributed by atoms with Crippen LogP contribution >= 0.6 is 0 Å². The zero-order valence-corrected chi connectivity index (χ0v) is 21.3. The monoisotopic (exact) mass is 525 g/mol. The van der Waals surface area contributed by atoms with E-state index in [0.717, 1.165) is 5.39 Å². The number of nitrogens with zero attached hydrogens (tertiary/aromatic N) is 1. The molecule has 1 aliphatic rings. The van der Waals surface area contributed by atoms with Gasteiger partial charge >= 0.3 is 5.97 Å². The van der Waals surface area contributed by atoms with Crippen molar-refractivity contribution in [2.24, 2.45) is 7.05 Å². The molecule has 9 heteroatoms. The minimum absolute atomic E-state index is 0.0403. The number of methoxy groups -OCH3 is 2. The molecule has 0 unspecified atom stereocenters. The number of rotatable bonds is 4. The molecule has 2 aromatic heterocycles. The second-order valence-corrected chi connectivity index (χ2v) is 9.34. The van der Waals surface area contributed by atoms with Crippen LogP contribution < -0.4 is 25.2 Å². The van der Waals surface area contributed by atoms with Crippen LogP contribution in [0.5, 0.6) is 23.0 Å². The Morgan fingerprint density at radius 2 is 1.67 bits per heavy atom. The number of carbonyl (C=O) groups excluding carboxylic acids is 1. The van der Waals surface area contributed by atoms with Crippen molar-refractivity contribution < 1.29 is 28.5 Å². The van der Waals surface area contributed by atoms with Crippen LogP contribution in [0.3, 0.4) is 0 Å². The number of ether oxygens (including phenoxy) is 3. The third-order valence-corrected chi connectivity index (χ3v) is 7.21. The molecule has 0 bridgehead atoms. The van der Waals surface area contributed by atoms with Crippen molar-refractivity contribution in [2.75, 3.05) is 14.2 Å². The van der Waals surface area contributed by atoms with Gasteiger partial charge in [-0.25, -0.2) is 0 Å². The van der Waals surface area contributed by atoms with E-state index >= 15 is 0 Å². The Morgan fingerprint density at radius 1 is 0.949 bits per heavy atom. The number of fused-ring (bicyclic) bond motifs is 4. The van der Waals surface area contributed by atoms with E-state index in [4.69, 9.17) is 18.6 Å². The maximum absolute atomic E-state index is 13.6. The number of carbonyl (C=O) groups is 1. The third-order valence-electron chi connectivity index (χ3n) is 7.21. The van der Waals surface area contributed by atoms with Crippen molar-refractivity contribution in [1.82, 2.24) is 4.57 Å². The van der Waals surface area contributed by atoms with Crippen molar-refractivity contribution in [3.8, 4) is 34.1 Å². The predicted molar refractivity (Wildman–Crippen MR) is 144 cm³/mol. The Bertz CT molecular complexity index is 1920. The third kappa shape index (κ3) is 3.82. The number of aromatic nitrogens is 1. The highest BCUT2D eigenvalue weighted by atomic mass is 16.5. The summed E-state index contributed by atoms with van der Waals surface area (Å²) in [7, 11) is 4.74. The van der Waals surface area contributed by atoms with Crippen LogP contribution in [0.15, 0.2) is 74.9 Å². The van der Waals surface area contributed by atoms with Crippen molar-refractivity contribution >= 4 is 27.8 Å². The molecule has 1 atom stereocenters. The first-order valence-corrected chi connectivity index (χ1v) is 12.1. The van der Waals surface area contributed by atoms with Crippen LogP contribution in [0.25, 0.3) is 33.0 Å². The molecule has 3 aromatic carbocycles. The second-order valence-electron chi connectivity index (χ2n) is 9.34. The normalized spacial score (nSPS) is 14.7. The Balaban J connectivity index is 1.59. The number of aromatic hydroxyl groups is 1. The van der Waals surface area contributed by atoms with E-state index in [0.29, 0.717) is 33.7 Å². The number of esters is 1. The van der Waals surface area contributed by atoms with E-state index in [1.807, 2.05) is 6.07 Å². The fourth-order valence-electron chi connectivity index (χ4n) is 5.21. The molecule has 0 saturated carbocycles. The summed E-state index contributed by atoms with van der Waals surface area (Å²) in [6.07, 6.45) is 1.16. The number of phenols is 1. The van der Waals surface area contributed by atoms with Gasteiger partial charge in [-0.3, -0.25) is 14.4 Å². The summed E-state index contributed by atoms with van der Waals surface area (Å²) >= 11 is 0. The average Bonchev–Trinajstić information content (AvgIpc) is 2.94. The SMILES string of the molecule is COc1ccc(-c2coc3c4c(cc(O)c3c2=O)OC(=O)C[C@H]4c2cc3ccc(OC)cc3n(C)c2=O)cc1. The summed E-state index contributed by atoms with van der Waals surface area (Å²) in [4.78, 5) is 39.8. The molecular weight excluding hydrogens is 502 g/mol. The molecule has 39 heavy (non-hydrogen) atoms. The van der Waals surface area contributed by atoms with Gasteiger partial charge in [-0.05, 0) is 41.3 Å². The highest BCUT2D eigenvalue weighted by Crippen LogP contribution is 2.45. The van der Waals surface area contributed by atoms with Crippen LogP contribution in [0.1, 0.15) is 23.5 Å². The molecule has 3 heterocycles. The largest absolute Gasteiger partial charge is 0.507 e. The van der Waals surface area contributed by atoms with Gasteiger partial charge in [0, 0.05) is 36.2 Å². The lowest BCUT2D eigenvalue weighted by Gasteiger charge is -2.26. The summed E-state index contributed by atoms with van der Waals surface area (Å²) in [6.45, 7) is 0. The Hall–Kier alpha value is -5.05. The molecule has 196 valence electrons. The van der Waals surface area contributed by atoms with Gasteiger partial charge in [-0.15, -0.1) is 0 Å². The zero-order valence-electron chi connectivity index (χ0n) is 21.3. The summed E-state index contributed by atoms with van der Waals surface area (Å²) in [5, 5.41) is 11.5. The molecule has 0 radical (unpaired) electrons. The standard InChI is InChI=1S/C30H23NO8/c1-31-22-11-18(37-3)9-6-16(22)10-20(30(31)35)19-12-25(33)39-24-13-23(32)27-28(34)21(14-38-29(27)26(19)24)15-4-7-17(36-2)8-5-15/h4-11,13-14,19,32H,12H2,1-3H3/t19-/m0/s1. The highest BCUT2D eigenvalue weighted by Gasteiger charge is 2.35. The van der Waals surface area contributed by atoms with E-state index in [1.54, 1.807) is 63.7 Å². The average molecular weight is 526 g/mol. The number of phenolic OH excluding ortho intramolecular Hbond substituents is 1. The molecule has 1 aliphatic heterocycles. The Kier molecular flexibility index (Phi) is 5.64. The number of benzene rings is 3. The zero-order chi connectivity index (χ0) is 27.4. The molecule has 0 amide bonds. The van der Waals surface area contributed by atoms with Crippen LogP contribution in [-0.4, -0.2) is 29.9 Å². The fraction of sp³-hybridized carbons (Fsp3) is 0.167. The first-order valence-electron chi connectivity index (χ1n) is 12.1. The van der Waals surface area contributed by atoms with Gasteiger partial charge in [0.2, 0.25) is 5.43 Å². The number of hydrogen-bond donors (Lipinski definition) is 1. The van der Waals surface area contributed by atoms with E-state index in [2.05, 4.69) is 0 Å². The number of pyridine rings is 1. The topological polar surface area (TPSA) is 117 Å². The molecule has 9 nitrogen and oxygen atoms in total. The van der Waals surface area contributed by atoms with Crippen molar-refractivity contribution in [1.29, 1.82) is 0 Å². The number of aryl methyl sites for hydroxylation is 1. The minimum atomic E-state index is -0.774. The van der Waals surface area contributed by atoms with Crippen molar-refractivity contribution in [3.05, 3.63) is 92.6 Å². The van der Waals surface area contributed by atoms with E-state index in [-0.39, 0.29) is 40.0 Å². The van der Waals surface area contributed by atoms with E-state index in [1.165, 1.54) is 16.9 Å². The van der Waals surface area contributed by atoms with Crippen molar-refractivity contribution in [2.45, 2.75) is 12.3 Å². The Morgan fingerprint density at radius 3 is 2.38 bits per heavy atom. The van der Waals surface area contributed by atoms with E-state index in [9.17, 15) is 19.5 Å². The second kappa shape index (κ2) is 9.05. The molecule has 1 N–H and O–H groups in total. The fourth-order valence-corrected chi connectivity index (χ4v) is 5.21. The quantitative estimate of drug-likeness (QED) is 0.270. The maximum atomic E-state index is 13.6. The molecule has 0 saturated heterocycles. The first kappa shape index (κ1) is 24.3. The molecular formula is C30H23NO8. The Labute approximate surface area is 221 Å². The minimum Gasteiger partial charge on any atom is -0.507 e. The summed E-state index contributed by atoms with van der Waals surface area (Å²) < 4.78 is 23.4. The van der Waals surface area contributed by atoms with Crippen LogP contribution in [0.2, 0.25) is 0 Å².